The second kappa shape index (κ2) is 7.35. The number of benzene rings is 1. The predicted octanol–water partition coefficient (Wildman–Crippen LogP) is 3.08. The first kappa shape index (κ1) is 16.3. The SMILES string of the molecule is Fc1cccc(Nc2ccnc(N3CCN(c4ccccn4)CC3)n2)c1. The third-order valence-electron chi connectivity index (χ3n) is 4.28. The minimum atomic E-state index is -0.282. The first-order valence-electron chi connectivity index (χ1n) is 8.54. The lowest BCUT2D eigenvalue weighted by Gasteiger charge is -2.35. The molecule has 26 heavy (non-hydrogen) atoms. The van der Waals surface area contributed by atoms with Gasteiger partial charge in [-0.15, -0.1) is 0 Å². The molecule has 6 nitrogen and oxygen atoms in total. The summed E-state index contributed by atoms with van der Waals surface area (Å²) < 4.78 is 13.3. The van der Waals surface area contributed by atoms with Crippen molar-refractivity contribution >= 4 is 23.3 Å². The largest absolute Gasteiger partial charge is 0.353 e. The fraction of sp³-hybridized carbons (Fsp3) is 0.211. The van der Waals surface area contributed by atoms with Crippen molar-refractivity contribution in [3.8, 4) is 0 Å². The van der Waals surface area contributed by atoms with Crippen molar-refractivity contribution in [2.75, 3.05) is 41.3 Å². The molecule has 0 atom stereocenters. The van der Waals surface area contributed by atoms with Crippen LogP contribution in [-0.4, -0.2) is 41.1 Å². The number of nitrogens with one attached hydrogen (secondary N) is 1. The van der Waals surface area contributed by atoms with Crippen molar-refractivity contribution in [2.45, 2.75) is 0 Å². The number of nitrogens with zero attached hydrogens (tertiary/aromatic N) is 5. The molecule has 3 heterocycles. The summed E-state index contributed by atoms with van der Waals surface area (Å²) in [5, 5.41) is 3.12. The minimum absolute atomic E-state index is 0.282. The van der Waals surface area contributed by atoms with Gasteiger partial charge in [0.05, 0.1) is 0 Å². The van der Waals surface area contributed by atoms with E-state index in [1.165, 1.54) is 12.1 Å². The topological polar surface area (TPSA) is 57.2 Å². The molecular formula is C19H19FN6. The van der Waals surface area contributed by atoms with E-state index in [0.29, 0.717) is 17.5 Å². The molecule has 3 aromatic rings. The molecule has 7 heteroatoms. The molecule has 0 bridgehead atoms. The van der Waals surface area contributed by atoms with Gasteiger partial charge in [0.2, 0.25) is 5.95 Å². The highest BCUT2D eigenvalue weighted by molar-refractivity contribution is 5.57. The molecule has 1 aliphatic rings. The highest BCUT2D eigenvalue weighted by atomic mass is 19.1. The fourth-order valence-electron chi connectivity index (χ4n) is 2.96. The molecule has 0 aliphatic carbocycles. The molecule has 4 rings (SSSR count). The van der Waals surface area contributed by atoms with Gasteiger partial charge < -0.3 is 15.1 Å². The van der Waals surface area contributed by atoms with E-state index in [1.54, 1.807) is 24.4 Å². The number of aromatic nitrogens is 3. The maximum atomic E-state index is 13.3. The highest BCUT2D eigenvalue weighted by Gasteiger charge is 2.20. The molecule has 132 valence electrons. The van der Waals surface area contributed by atoms with Crippen molar-refractivity contribution in [3.63, 3.8) is 0 Å². The van der Waals surface area contributed by atoms with Crippen molar-refractivity contribution in [3.05, 3.63) is 66.7 Å². The van der Waals surface area contributed by atoms with Gasteiger partial charge in [0.15, 0.2) is 0 Å². The lowest BCUT2D eigenvalue weighted by atomic mass is 10.3. The standard InChI is InChI=1S/C19H19FN6/c20-15-4-3-5-16(14-15)23-17-7-9-22-19(24-17)26-12-10-25(11-13-26)18-6-1-2-8-21-18/h1-9,14H,10-13H2,(H,22,23,24). The lowest BCUT2D eigenvalue weighted by molar-refractivity contribution is 0.628. The number of piperazine rings is 1. The van der Waals surface area contributed by atoms with Gasteiger partial charge >= 0.3 is 0 Å². The summed E-state index contributed by atoms with van der Waals surface area (Å²) in [6.45, 7) is 3.36. The molecule has 1 saturated heterocycles. The number of pyridine rings is 1. The zero-order chi connectivity index (χ0) is 17.8. The Labute approximate surface area is 151 Å². The van der Waals surface area contributed by atoms with Crippen LogP contribution >= 0.6 is 0 Å². The van der Waals surface area contributed by atoms with E-state index in [4.69, 9.17) is 0 Å². The maximum Gasteiger partial charge on any atom is 0.227 e. The van der Waals surface area contributed by atoms with Gasteiger partial charge in [-0.2, -0.15) is 4.98 Å². The van der Waals surface area contributed by atoms with Crippen LogP contribution in [0.1, 0.15) is 0 Å². The molecule has 2 aromatic heterocycles. The van der Waals surface area contributed by atoms with E-state index in [0.717, 1.165) is 32.0 Å². The van der Waals surface area contributed by atoms with E-state index in [9.17, 15) is 4.39 Å². The zero-order valence-electron chi connectivity index (χ0n) is 14.2. The Hall–Kier alpha value is -3.22. The Bertz CT molecular complexity index is 865. The first-order valence-corrected chi connectivity index (χ1v) is 8.54. The number of rotatable bonds is 4. The fourth-order valence-corrected chi connectivity index (χ4v) is 2.96. The smallest absolute Gasteiger partial charge is 0.227 e. The summed E-state index contributed by atoms with van der Waals surface area (Å²) in [7, 11) is 0. The van der Waals surface area contributed by atoms with E-state index < -0.39 is 0 Å². The lowest BCUT2D eigenvalue weighted by Crippen LogP contribution is -2.47. The molecule has 0 radical (unpaired) electrons. The third kappa shape index (κ3) is 3.72. The van der Waals surface area contributed by atoms with Gasteiger partial charge in [-0.25, -0.2) is 14.4 Å². The molecule has 0 saturated carbocycles. The summed E-state index contributed by atoms with van der Waals surface area (Å²) >= 11 is 0. The molecule has 1 aliphatic heterocycles. The quantitative estimate of drug-likeness (QED) is 0.780. The van der Waals surface area contributed by atoms with Crippen LogP contribution in [0.2, 0.25) is 0 Å². The minimum Gasteiger partial charge on any atom is -0.353 e. The zero-order valence-corrected chi connectivity index (χ0v) is 14.2. The molecule has 1 N–H and O–H groups in total. The van der Waals surface area contributed by atoms with Gasteiger partial charge in [0, 0.05) is 44.3 Å². The van der Waals surface area contributed by atoms with Crippen LogP contribution in [0.5, 0.6) is 0 Å². The second-order valence-corrected chi connectivity index (χ2v) is 6.04. The number of hydrogen-bond acceptors (Lipinski definition) is 6. The van der Waals surface area contributed by atoms with Crippen LogP contribution in [-0.2, 0) is 0 Å². The monoisotopic (exact) mass is 350 g/mol. The molecule has 0 amide bonds. The Balaban J connectivity index is 1.43. The van der Waals surface area contributed by atoms with E-state index in [1.807, 2.05) is 24.4 Å². The molecule has 1 fully saturated rings. The van der Waals surface area contributed by atoms with Gasteiger partial charge in [-0.3, -0.25) is 0 Å². The van der Waals surface area contributed by atoms with E-state index in [2.05, 4.69) is 30.1 Å². The van der Waals surface area contributed by atoms with E-state index in [-0.39, 0.29) is 5.82 Å². The number of halogens is 1. The van der Waals surface area contributed by atoms with Gasteiger partial charge in [0.1, 0.15) is 17.5 Å². The van der Waals surface area contributed by atoms with Crippen LogP contribution in [0.15, 0.2) is 60.9 Å². The normalized spacial score (nSPS) is 14.3. The average molecular weight is 350 g/mol. The maximum absolute atomic E-state index is 13.3. The summed E-state index contributed by atoms with van der Waals surface area (Å²) in [6, 6.07) is 14.0. The van der Waals surface area contributed by atoms with E-state index >= 15 is 0 Å². The van der Waals surface area contributed by atoms with Crippen molar-refractivity contribution in [1.29, 1.82) is 0 Å². The van der Waals surface area contributed by atoms with Crippen molar-refractivity contribution < 1.29 is 4.39 Å². The van der Waals surface area contributed by atoms with Gasteiger partial charge in [-0.1, -0.05) is 12.1 Å². The molecule has 1 aromatic carbocycles. The number of hydrogen-bond donors (Lipinski definition) is 1. The van der Waals surface area contributed by atoms with Crippen molar-refractivity contribution in [1.82, 2.24) is 15.0 Å². The summed E-state index contributed by atoms with van der Waals surface area (Å²) in [6.07, 6.45) is 3.53. The van der Waals surface area contributed by atoms with Crippen LogP contribution < -0.4 is 15.1 Å². The molecule has 0 unspecified atom stereocenters. The average Bonchev–Trinajstić information content (AvgIpc) is 2.69. The molecular weight excluding hydrogens is 331 g/mol. The third-order valence-corrected chi connectivity index (χ3v) is 4.28. The Kier molecular flexibility index (Phi) is 4.59. The van der Waals surface area contributed by atoms with Crippen molar-refractivity contribution in [2.24, 2.45) is 0 Å². The van der Waals surface area contributed by atoms with Crippen LogP contribution in [0.3, 0.4) is 0 Å². The predicted molar refractivity (Wildman–Crippen MR) is 100 cm³/mol. The first-order chi connectivity index (χ1) is 12.8. The van der Waals surface area contributed by atoms with Crippen LogP contribution in [0, 0.1) is 5.82 Å². The molecule has 0 spiro atoms. The summed E-state index contributed by atoms with van der Waals surface area (Å²) in [5.74, 6) is 2.03. The Morgan fingerprint density at radius 1 is 0.846 bits per heavy atom. The summed E-state index contributed by atoms with van der Waals surface area (Å²) in [4.78, 5) is 17.8. The van der Waals surface area contributed by atoms with Crippen LogP contribution in [0.25, 0.3) is 0 Å². The van der Waals surface area contributed by atoms with Gasteiger partial charge in [-0.05, 0) is 36.4 Å². The van der Waals surface area contributed by atoms with Gasteiger partial charge in [0.25, 0.3) is 0 Å². The second-order valence-electron chi connectivity index (χ2n) is 6.04. The Morgan fingerprint density at radius 2 is 1.69 bits per heavy atom. The highest BCUT2D eigenvalue weighted by Crippen LogP contribution is 2.19. The summed E-state index contributed by atoms with van der Waals surface area (Å²) in [5.41, 5.74) is 0.662. The van der Waals surface area contributed by atoms with Crippen LogP contribution in [0.4, 0.5) is 27.7 Å². The Morgan fingerprint density at radius 3 is 2.46 bits per heavy atom. The number of anilines is 4.